The molecule has 6 N–H and O–H groups in total. The van der Waals surface area contributed by atoms with E-state index in [0.29, 0.717) is 0 Å². The van der Waals surface area contributed by atoms with Gasteiger partial charge in [-0.1, -0.05) is 23.2 Å². The first-order chi connectivity index (χ1) is 7.40. The predicted molar refractivity (Wildman–Crippen MR) is 63.5 cm³/mol. The van der Waals surface area contributed by atoms with Crippen molar-refractivity contribution >= 4 is 40.8 Å². The van der Waals surface area contributed by atoms with Gasteiger partial charge in [-0.15, -0.1) is 0 Å². The lowest BCUT2D eigenvalue weighted by molar-refractivity contribution is 0.628. The molecule has 0 spiro atoms. The fourth-order valence-electron chi connectivity index (χ4n) is 0.878. The van der Waals surface area contributed by atoms with Crippen molar-refractivity contribution in [3.63, 3.8) is 0 Å². The molecule has 5 nitrogen and oxygen atoms in total. The van der Waals surface area contributed by atoms with Gasteiger partial charge in [0.2, 0.25) is 5.96 Å². The Hall–Kier alpha value is -1.53. The molecule has 0 amide bonds. The summed E-state index contributed by atoms with van der Waals surface area (Å²) in [6.45, 7) is 0. The molecule has 8 heteroatoms. The molecule has 0 radical (unpaired) electrons. The van der Waals surface area contributed by atoms with Gasteiger partial charge in [0.1, 0.15) is 5.82 Å². The van der Waals surface area contributed by atoms with Crippen molar-refractivity contribution in [1.29, 1.82) is 0 Å². The molecule has 0 saturated carbocycles. The van der Waals surface area contributed by atoms with Gasteiger partial charge in [0, 0.05) is 6.07 Å². The lowest BCUT2D eigenvalue weighted by atomic mass is 10.3. The lowest BCUT2D eigenvalue weighted by Gasteiger charge is -2.01. The van der Waals surface area contributed by atoms with E-state index in [9.17, 15) is 4.39 Å². The normalized spacial score (nSPS) is 11.3. The maximum Gasteiger partial charge on any atom is 0.223 e. The van der Waals surface area contributed by atoms with E-state index in [1.807, 2.05) is 0 Å². The number of rotatable bonds is 1. The SMILES string of the molecule is NC(N)=NC(N)=Nc1cc(F)c(Cl)cc1Cl. The average Bonchev–Trinajstić information content (AvgIpc) is 2.12. The van der Waals surface area contributed by atoms with Crippen LogP contribution in [0.1, 0.15) is 0 Å². The van der Waals surface area contributed by atoms with E-state index >= 15 is 0 Å². The maximum atomic E-state index is 13.1. The Morgan fingerprint density at radius 2 is 1.75 bits per heavy atom. The Balaban J connectivity index is 3.15. The molecule has 86 valence electrons. The van der Waals surface area contributed by atoms with Gasteiger partial charge in [-0.25, -0.2) is 9.38 Å². The first-order valence-electron chi connectivity index (χ1n) is 3.98. The minimum atomic E-state index is -0.665. The molecule has 1 aromatic rings. The highest BCUT2D eigenvalue weighted by molar-refractivity contribution is 6.36. The molecule has 0 aromatic heterocycles. The summed E-state index contributed by atoms with van der Waals surface area (Å²) in [5, 5.41) is 0.0319. The molecule has 0 fully saturated rings. The van der Waals surface area contributed by atoms with Gasteiger partial charge in [0.05, 0.1) is 15.7 Å². The zero-order valence-electron chi connectivity index (χ0n) is 7.92. The molecular formula is C8H8Cl2FN5. The standard InChI is InChI=1S/C8H8Cl2FN5/c9-3-1-4(10)6(2-5(3)11)15-8(14)16-7(12)13/h1-2H,(H6,12,13,14,15,16). The number of hydrogen-bond acceptors (Lipinski definition) is 1. The number of aliphatic imine (C=N–C) groups is 2. The minimum absolute atomic E-state index is 0.0890. The minimum Gasteiger partial charge on any atom is -0.370 e. The molecule has 0 aliphatic rings. The second kappa shape index (κ2) is 5.00. The van der Waals surface area contributed by atoms with E-state index in [1.54, 1.807) is 0 Å². The number of hydrogen-bond donors (Lipinski definition) is 3. The monoisotopic (exact) mass is 263 g/mol. The van der Waals surface area contributed by atoms with Crippen LogP contribution in [0.2, 0.25) is 10.0 Å². The van der Waals surface area contributed by atoms with E-state index < -0.39 is 5.82 Å². The van der Waals surface area contributed by atoms with Crippen molar-refractivity contribution in [1.82, 2.24) is 0 Å². The summed E-state index contributed by atoms with van der Waals surface area (Å²) in [4.78, 5) is 7.17. The smallest absolute Gasteiger partial charge is 0.223 e. The van der Waals surface area contributed by atoms with Gasteiger partial charge < -0.3 is 17.2 Å². The summed E-state index contributed by atoms with van der Waals surface area (Å²) in [5.41, 5.74) is 15.6. The van der Waals surface area contributed by atoms with E-state index in [4.69, 9.17) is 40.4 Å². The van der Waals surface area contributed by atoms with Crippen LogP contribution in [-0.2, 0) is 0 Å². The van der Waals surface area contributed by atoms with Gasteiger partial charge >= 0.3 is 0 Å². The van der Waals surface area contributed by atoms with E-state index in [0.717, 1.165) is 6.07 Å². The Bertz CT molecular complexity index is 468. The molecule has 16 heavy (non-hydrogen) atoms. The van der Waals surface area contributed by atoms with Crippen molar-refractivity contribution in [2.75, 3.05) is 0 Å². The predicted octanol–water partition coefficient (Wildman–Crippen LogP) is 1.35. The van der Waals surface area contributed by atoms with Gasteiger partial charge in [-0.2, -0.15) is 4.99 Å². The molecular weight excluding hydrogens is 256 g/mol. The van der Waals surface area contributed by atoms with Crippen molar-refractivity contribution in [3.8, 4) is 0 Å². The van der Waals surface area contributed by atoms with Crippen LogP contribution in [0.15, 0.2) is 22.1 Å². The number of halogens is 3. The molecule has 0 unspecified atom stereocenters. The third-order valence-corrected chi connectivity index (χ3v) is 2.06. The Morgan fingerprint density at radius 3 is 2.31 bits per heavy atom. The molecule has 0 bridgehead atoms. The number of nitrogens with two attached hydrogens (primary N) is 3. The second-order valence-electron chi connectivity index (χ2n) is 2.72. The highest BCUT2D eigenvalue weighted by atomic mass is 35.5. The summed E-state index contributed by atoms with van der Waals surface area (Å²) in [7, 11) is 0. The summed E-state index contributed by atoms with van der Waals surface area (Å²) in [6, 6.07) is 2.24. The van der Waals surface area contributed by atoms with Gasteiger partial charge in [0.15, 0.2) is 5.96 Å². The molecule has 0 atom stereocenters. The van der Waals surface area contributed by atoms with E-state index in [2.05, 4.69) is 9.98 Å². The maximum absolute atomic E-state index is 13.1. The van der Waals surface area contributed by atoms with Crippen molar-refractivity contribution in [2.45, 2.75) is 0 Å². The van der Waals surface area contributed by atoms with Crippen LogP contribution in [0, 0.1) is 5.82 Å². The summed E-state index contributed by atoms with van der Waals surface area (Å²) >= 11 is 11.3. The number of guanidine groups is 2. The third kappa shape index (κ3) is 3.25. The first-order valence-corrected chi connectivity index (χ1v) is 4.74. The van der Waals surface area contributed by atoms with Crippen LogP contribution in [-0.4, -0.2) is 11.9 Å². The van der Waals surface area contributed by atoms with Gasteiger partial charge in [-0.3, -0.25) is 0 Å². The van der Waals surface area contributed by atoms with Gasteiger partial charge in [0.25, 0.3) is 0 Å². The zero-order chi connectivity index (χ0) is 12.3. The molecule has 1 rings (SSSR count). The Labute approximate surface area is 101 Å². The molecule has 0 aliphatic heterocycles. The van der Waals surface area contributed by atoms with Crippen molar-refractivity contribution in [2.24, 2.45) is 27.2 Å². The second-order valence-corrected chi connectivity index (χ2v) is 3.54. The third-order valence-electron chi connectivity index (χ3n) is 1.47. The summed E-state index contributed by atoms with van der Waals surface area (Å²) in [6.07, 6.45) is 0. The van der Waals surface area contributed by atoms with Crippen LogP contribution >= 0.6 is 23.2 Å². The molecule has 0 saturated heterocycles. The van der Waals surface area contributed by atoms with Crippen LogP contribution in [0.25, 0.3) is 0 Å². The van der Waals surface area contributed by atoms with Crippen LogP contribution in [0.4, 0.5) is 10.1 Å². The van der Waals surface area contributed by atoms with E-state index in [-0.39, 0.29) is 27.7 Å². The van der Waals surface area contributed by atoms with Gasteiger partial charge in [-0.05, 0) is 6.07 Å². The van der Waals surface area contributed by atoms with Crippen LogP contribution in [0.3, 0.4) is 0 Å². The lowest BCUT2D eigenvalue weighted by Crippen LogP contribution is -2.26. The zero-order valence-corrected chi connectivity index (χ0v) is 9.43. The van der Waals surface area contributed by atoms with Crippen LogP contribution < -0.4 is 17.2 Å². The highest BCUT2D eigenvalue weighted by Crippen LogP contribution is 2.30. The molecule has 1 aromatic carbocycles. The largest absolute Gasteiger partial charge is 0.370 e. The van der Waals surface area contributed by atoms with Crippen molar-refractivity contribution < 1.29 is 4.39 Å². The van der Waals surface area contributed by atoms with Crippen LogP contribution in [0.5, 0.6) is 0 Å². The fraction of sp³-hybridized carbons (Fsp3) is 0. The summed E-state index contributed by atoms with van der Waals surface area (Å²) in [5.74, 6) is -1.15. The van der Waals surface area contributed by atoms with Crippen molar-refractivity contribution in [3.05, 3.63) is 28.0 Å². The first kappa shape index (κ1) is 12.5. The quantitative estimate of drug-likeness (QED) is 0.405. The van der Waals surface area contributed by atoms with E-state index in [1.165, 1.54) is 6.07 Å². The number of benzene rings is 1. The Kier molecular flexibility index (Phi) is 3.92. The Morgan fingerprint density at radius 1 is 1.12 bits per heavy atom. The summed E-state index contributed by atoms with van der Waals surface area (Å²) < 4.78 is 13.1. The number of nitrogens with zero attached hydrogens (tertiary/aromatic N) is 2. The fourth-order valence-corrected chi connectivity index (χ4v) is 1.30. The molecule has 0 heterocycles. The highest BCUT2D eigenvalue weighted by Gasteiger charge is 2.06. The molecule has 0 aliphatic carbocycles. The average molecular weight is 264 g/mol. The topological polar surface area (TPSA) is 103 Å².